The molecule has 4 N–H and O–H groups in total. The summed E-state index contributed by atoms with van der Waals surface area (Å²) in [5.74, 6) is 1.13. The number of benzene rings is 2. The maximum Gasteiger partial charge on any atom is 0.404 e. The van der Waals surface area contributed by atoms with Gasteiger partial charge in [-0.15, -0.1) is 0 Å². The maximum atomic E-state index is 13.5. The number of hydrogen-bond donors (Lipinski definition) is 4. The number of aliphatic hydroxyl groups excluding tert-OH is 1. The van der Waals surface area contributed by atoms with Gasteiger partial charge < -0.3 is 29.7 Å². The molecule has 0 aliphatic carbocycles. The summed E-state index contributed by atoms with van der Waals surface area (Å²) < 4.78 is 68.8. The molecule has 2 atom stereocenters. The summed E-state index contributed by atoms with van der Waals surface area (Å²) in [7, 11) is -7.39. The molecular weight excluding hydrogens is 566 g/mol. The van der Waals surface area contributed by atoms with Crippen molar-refractivity contribution in [2.75, 3.05) is 39.3 Å². The number of hydrogen-bond acceptors (Lipinski definition) is 9. The van der Waals surface area contributed by atoms with Crippen LogP contribution in [0.5, 0.6) is 17.2 Å². The molecule has 222 valence electrons. The first-order valence-corrected chi connectivity index (χ1v) is 15.8. The number of rotatable bonds is 15. The summed E-state index contributed by atoms with van der Waals surface area (Å²) in [5, 5.41) is 22.8. The first kappa shape index (κ1) is 31.4. The minimum Gasteiger partial charge on any atom is -0.492 e. The highest BCUT2D eigenvalue weighted by Gasteiger charge is 2.32. The molecule has 0 spiro atoms. The minimum atomic E-state index is -4.07. The number of nitrogens with one attached hydrogen (secondary N) is 2. The van der Waals surface area contributed by atoms with Crippen molar-refractivity contribution in [2.45, 2.75) is 37.3 Å². The molecule has 2 aromatic carbocycles. The standard InChI is InChI=1S/C25H35N3O10S2/c1-17(2)14-28(40(34,35)20-8-9-23-24(13-20)38-16-37-23)15-22(29)21(27-25(30)31)12-18-4-6-19(7-5-18)36-11-10-26-39(3,32)33/h4-9,13,17,21-22,26-27,29H,10-12,14-16H2,1-3H3,(H,30,31)/t21-,22+/m0/s1. The van der Waals surface area contributed by atoms with E-state index >= 15 is 0 Å². The molecule has 0 saturated carbocycles. The van der Waals surface area contributed by atoms with Crippen LogP contribution in [0.2, 0.25) is 0 Å². The van der Waals surface area contributed by atoms with Crippen LogP contribution in [-0.2, 0) is 26.5 Å². The van der Waals surface area contributed by atoms with E-state index in [4.69, 9.17) is 14.2 Å². The monoisotopic (exact) mass is 601 g/mol. The van der Waals surface area contributed by atoms with Crippen molar-refractivity contribution < 1.29 is 46.1 Å². The van der Waals surface area contributed by atoms with Crippen LogP contribution < -0.4 is 24.2 Å². The summed E-state index contributed by atoms with van der Waals surface area (Å²) in [5.41, 5.74) is 0.661. The molecule has 2 aromatic rings. The summed E-state index contributed by atoms with van der Waals surface area (Å²) in [4.78, 5) is 11.5. The van der Waals surface area contributed by atoms with Gasteiger partial charge in [0.2, 0.25) is 26.8 Å². The van der Waals surface area contributed by atoms with Crippen molar-refractivity contribution in [2.24, 2.45) is 5.92 Å². The van der Waals surface area contributed by atoms with Crippen molar-refractivity contribution in [3.63, 3.8) is 0 Å². The van der Waals surface area contributed by atoms with E-state index in [0.29, 0.717) is 22.8 Å². The molecule has 15 heteroatoms. The Morgan fingerprint density at radius 2 is 1.73 bits per heavy atom. The van der Waals surface area contributed by atoms with E-state index in [1.807, 2.05) is 13.8 Å². The maximum absolute atomic E-state index is 13.5. The van der Waals surface area contributed by atoms with E-state index in [1.54, 1.807) is 24.3 Å². The first-order valence-electron chi connectivity index (χ1n) is 12.5. The highest BCUT2D eigenvalue weighted by molar-refractivity contribution is 7.89. The second kappa shape index (κ2) is 13.5. The zero-order valence-corrected chi connectivity index (χ0v) is 24.1. The van der Waals surface area contributed by atoms with Crippen LogP contribution in [0.3, 0.4) is 0 Å². The third kappa shape index (κ3) is 9.23. The lowest BCUT2D eigenvalue weighted by Gasteiger charge is -2.30. The van der Waals surface area contributed by atoms with Gasteiger partial charge >= 0.3 is 6.09 Å². The Hall–Kier alpha value is -3.11. The molecule has 0 saturated heterocycles. The molecule has 40 heavy (non-hydrogen) atoms. The highest BCUT2D eigenvalue weighted by Crippen LogP contribution is 2.35. The third-order valence-electron chi connectivity index (χ3n) is 5.83. The van der Waals surface area contributed by atoms with Gasteiger partial charge in [-0.25, -0.2) is 26.4 Å². The van der Waals surface area contributed by atoms with Crippen LogP contribution in [0.4, 0.5) is 4.79 Å². The predicted octanol–water partition coefficient (Wildman–Crippen LogP) is 1.23. The molecule has 0 unspecified atom stereocenters. The topological polar surface area (TPSA) is 181 Å². The molecule has 1 aliphatic rings. The lowest BCUT2D eigenvalue weighted by atomic mass is 10.0. The fourth-order valence-corrected chi connectivity index (χ4v) is 6.11. The van der Waals surface area contributed by atoms with E-state index in [-0.39, 0.29) is 50.3 Å². The molecule has 1 amide bonds. The van der Waals surface area contributed by atoms with Gasteiger partial charge in [-0.05, 0) is 42.2 Å². The van der Waals surface area contributed by atoms with Crippen LogP contribution in [0.15, 0.2) is 47.4 Å². The SMILES string of the molecule is CC(C)CN(C[C@@H](O)[C@H](Cc1ccc(OCCNS(C)(=O)=O)cc1)NC(=O)O)S(=O)(=O)c1ccc2c(c1)OCO2. The Kier molecular flexibility index (Phi) is 10.6. The van der Waals surface area contributed by atoms with E-state index in [1.165, 1.54) is 18.2 Å². The summed E-state index contributed by atoms with van der Waals surface area (Å²) >= 11 is 0. The zero-order chi connectivity index (χ0) is 29.5. The van der Waals surface area contributed by atoms with Crippen molar-refractivity contribution in [3.05, 3.63) is 48.0 Å². The predicted molar refractivity (Wildman–Crippen MR) is 146 cm³/mol. The van der Waals surface area contributed by atoms with Crippen LogP contribution in [0.1, 0.15) is 19.4 Å². The van der Waals surface area contributed by atoms with E-state index < -0.39 is 38.3 Å². The normalized spacial score (nSPS) is 14.8. The Bertz CT molecular complexity index is 1370. The van der Waals surface area contributed by atoms with Gasteiger partial charge in [0.25, 0.3) is 0 Å². The first-order chi connectivity index (χ1) is 18.7. The summed E-state index contributed by atoms with van der Waals surface area (Å²) in [6.45, 7) is 3.60. The average Bonchev–Trinajstić information content (AvgIpc) is 3.34. The molecule has 13 nitrogen and oxygen atoms in total. The smallest absolute Gasteiger partial charge is 0.404 e. The largest absolute Gasteiger partial charge is 0.492 e. The number of aliphatic hydroxyl groups is 1. The van der Waals surface area contributed by atoms with Gasteiger partial charge in [0, 0.05) is 25.7 Å². The highest BCUT2D eigenvalue weighted by atomic mass is 32.2. The molecule has 0 radical (unpaired) electrons. The average molecular weight is 602 g/mol. The minimum absolute atomic E-state index is 0.0106. The van der Waals surface area contributed by atoms with Crippen LogP contribution in [-0.4, -0.2) is 88.9 Å². The fraction of sp³-hybridized carbons (Fsp3) is 0.480. The molecular formula is C25H35N3O10S2. The number of carbonyl (C=O) groups is 1. The van der Waals surface area contributed by atoms with E-state index in [9.17, 15) is 31.8 Å². The van der Waals surface area contributed by atoms with Gasteiger partial charge in [0.15, 0.2) is 11.5 Å². The van der Waals surface area contributed by atoms with Crippen LogP contribution in [0.25, 0.3) is 0 Å². The van der Waals surface area contributed by atoms with Crippen LogP contribution >= 0.6 is 0 Å². The van der Waals surface area contributed by atoms with Gasteiger partial charge in [0.1, 0.15) is 12.4 Å². The van der Waals surface area contributed by atoms with Crippen molar-refractivity contribution in [1.29, 1.82) is 0 Å². The van der Waals surface area contributed by atoms with Gasteiger partial charge in [-0.2, -0.15) is 4.31 Å². The lowest BCUT2D eigenvalue weighted by molar-refractivity contribution is 0.0980. The Morgan fingerprint density at radius 3 is 2.35 bits per heavy atom. The Labute approximate surface area is 234 Å². The van der Waals surface area contributed by atoms with Gasteiger partial charge in [-0.1, -0.05) is 26.0 Å². The molecule has 1 aliphatic heterocycles. The van der Waals surface area contributed by atoms with E-state index in [0.717, 1.165) is 10.6 Å². The molecule has 0 bridgehead atoms. The van der Waals surface area contributed by atoms with Crippen molar-refractivity contribution >= 4 is 26.1 Å². The summed E-state index contributed by atoms with van der Waals surface area (Å²) in [6.07, 6.45) is -1.62. The second-order valence-electron chi connectivity index (χ2n) is 9.72. The Morgan fingerprint density at radius 1 is 1.05 bits per heavy atom. The lowest BCUT2D eigenvalue weighted by Crippen LogP contribution is -2.50. The third-order valence-corrected chi connectivity index (χ3v) is 8.38. The van der Waals surface area contributed by atoms with Crippen molar-refractivity contribution in [1.82, 2.24) is 14.3 Å². The molecule has 0 fully saturated rings. The number of ether oxygens (including phenoxy) is 3. The number of fused-ring (bicyclic) bond motifs is 1. The number of amides is 1. The van der Waals surface area contributed by atoms with Crippen LogP contribution in [0, 0.1) is 5.92 Å². The zero-order valence-electron chi connectivity index (χ0n) is 22.4. The number of nitrogens with zero attached hydrogens (tertiary/aromatic N) is 1. The molecule has 1 heterocycles. The molecule has 0 aromatic heterocycles. The summed E-state index contributed by atoms with van der Waals surface area (Å²) in [6, 6.07) is 9.87. The van der Waals surface area contributed by atoms with E-state index in [2.05, 4.69) is 10.0 Å². The van der Waals surface area contributed by atoms with Crippen molar-refractivity contribution in [3.8, 4) is 17.2 Å². The number of sulfonamides is 2. The second-order valence-corrected chi connectivity index (χ2v) is 13.5. The quantitative estimate of drug-likeness (QED) is 0.217. The fourth-order valence-electron chi connectivity index (χ4n) is 4.01. The van der Waals surface area contributed by atoms with Gasteiger partial charge in [-0.3, -0.25) is 0 Å². The number of carboxylic acid groups (broad SMARTS) is 1. The molecule has 3 rings (SSSR count). The van der Waals surface area contributed by atoms with Gasteiger partial charge in [0.05, 0.1) is 23.3 Å². The Balaban J connectivity index is 1.72.